The number of aromatic nitrogens is 2. The fourth-order valence-electron chi connectivity index (χ4n) is 3.66. The number of benzene rings is 2. The van der Waals surface area contributed by atoms with E-state index in [0.717, 1.165) is 0 Å². The molecule has 9 nitrogen and oxygen atoms in total. The lowest BCUT2D eigenvalue weighted by molar-refractivity contribution is 0.0575. The van der Waals surface area contributed by atoms with Gasteiger partial charge in [-0.2, -0.15) is 4.98 Å². The smallest absolute Gasteiger partial charge is 0.355 e. The topological polar surface area (TPSA) is 126 Å². The molecular weight excluding hydrogens is 438 g/mol. The van der Waals surface area contributed by atoms with Gasteiger partial charge in [-0.05, 0) is 62.4 Å². The third-order valence-electron chi connectivity index (χ3n) is 4.97. The van der Waals surface area contributed by atoms with E-state index >= 15 is 0 Å². The predicted octanol–water partition coefficient (Wildman–Crippen LogP) is 4.67. The molecule has 0 spiro atoms. The summed E-state index contributed by atoms with van der Waals surface area (Å²) < 4.78 is 17.9. The van der Waals surface area contributed by atoms with Gasteiger partial charge in [0.15, 0.2) is 0 Å². The highest BCUT2D eigenvalue weighted by Crippen LogP contribution is 2.34. The van der Waals surface area contributed by atoms with E-state index in [1.165, 1.54) is 7.11 Å². The molecule has 3 N–H and O–H groups in total. The van der Waals surface area contributed by atoms with E-state index < -0.39 is 11.9 Å². The van der Waals surface area contributed by atoms with Crippen LogP contribution in [0.25, 0.3) is 16.6 Å². The Kier molecular flexibility index (Phi) is 6.09. The number of hydrogen-bond donors (Lipinski definition) is 2. The average molecular weight is 461 g/mol. The highest BCUT2D eigenvalue weighted by Gasteiger charge is 2.29. The number of nitrogens with two attached hydrogens (primary N) is 1. The molecule has 2 aromatic heterocycles. The number of carbonyl (C=O) groups excluding carboxylic acids is 1. The quantitative estimate of drug-likeness (QED) is 0.380. The lowest BCUT2D eigenvalue weighted by Gasteiger charge is -2.13. The maximum atomic E-state index is 12.7. The van der Waals surface area contributed by atoms with Crippen LogP contribution >= 0.6 is 0 Å². The van der Waals surface area contributed by atoms with E-state index in [9.17, 15) is 14.7 Å². The fraction of sp³-hybridized carbons (Fsp3) is 0.160. The molecule has 0 bridgehead atoms. The van der Waals surface area contributed by atoms with Gasteiger partial charge in [-0.1, -0.05) is 6.07 Å². The minimum Gasteiger partial charge on any atom is -0.491 e. The van der Waals surface area contributed by atoms with Gasteiger partial charge in [0.25, 0.3) is 0 Å². The zero-order chi connectivity index (χ0) is 24.4. The number of nitrogens with zero attached hydrogens (tertiary/aromatic N) is 2. The molecule has 0 saturated heterocycles. The third kappa shape index (κ3) is 4.36. The average Bonchev–Trinajstić information content (AvgIpc) is 3.13. The zero-order valence-electron chi connectivity index (χ0n) is 18.8. The largest absolute Gasteiger partial charge is 0.491 e. The molecule has 2 aromatic carbocycles. The first-order chi connectivity index (χ1) is 16.3. The number of esters is 1. The summed E-state index contributed by atoms with van der Waals surface area (Å²) in [6.45, 7) is 3.83. The fourth-order valence-corrected chi connectivity index (χ4v) is 3.66. The van der Waals surface area contributed by atoms with Crippen molar-refractivity contribution in [3.8, 4) is 23.1 Å². The Balaban J connectivity index is 1.90. The molecule has 0 aliphatic heterocycles. The van der Waals surface area contributed by atoms with Crippen molar-refractivity contribution < 1.29 is 28.9 Å². The Hall–Kier alpha value is -4.53. The van der Waals surface area contributed by atoms with Crippen molar-refractivity contribution in [3.63, 3.8) is 0 Å². The van der Waals surface area contributed by atoms with Crippen molar-refractivity contribution in [2.24, 2.45) is 0 Å². The van der Waals surface area contributed by atoms with Gasteiger partial charge in [-0.25, -0.2) is 9.59 Å². The standard InChI is InChI=1S/C25H23N3O6/c1-14(2)33-16-9-7-15(8-10-16)28-19-12-11-17(34-21-6-4-5-20(26)27-21)13-18(19)22(24(29)30)23(28)25(31)32-3/h4-14H,1-3H3,(H2,26,27)(H,29,30). The SMILES string of the molecule is COC(=O)c1c(C(=O)O)c2cc(Oc3cccc(N)n3)ccc2n1-c1ccc(OC(C)C)cc1. The monoisotopic (exact) mass is 461 g/mol. The van der Waals surface area contributed by atoms with E-state index in [0.29, 0.717) is 28.1 Å². The molecule has 0 aliphatic carbocycles. The Morgan fingerprint density at radius 3 is 2.35 bits per heavy atom. The minimum absolute atomic E-state index is 0.00428. The van der Waals surface area contributed by atoms with Crippen molar-refractivity contribution in [1.82, 2.24) is 9.55 Å². The maximum absolute atomic E-state index is 12.7. The van der Waals surface area contributed by atoms with E-state index in [-0.39, 0.29) is 29.1 Å². The summed E-state index contributed by atoms with van der Waals surface area (Å²) in [6.07, 6.45) is -0.00428. The van der Waals surface area contributed by atoms with Crippen molar-refractivity contribution in [3.05, 3.63) is 71.9 Å². The van der Waals surface area contributed by atoms with Gasteiger partial charge in [0.2, 0.25) is 5.88 Å². The van der Waals surface area contributed by atoms with Crippen LogP contribution in [0, 0.1) is 0 Å². The van der Waals surface area contributed by atoms with Crippen LogP contribution in [-0.2, 0) is 4.74 Å². The number of carboxylic acid groups (broad SMARTS) is 1. The number of rotatable bonds is 7. The summed E-state index contributed by atoms with van der Waals surface area (Å²) in [4.78, 5) is 29.1. The number of anilines is 1. The van der Waals surface area contributed by atoms with Gasteiger partial charge in [-0.3, -0.25) is 0 Å². The van der Waals surface area contributed by atoms with E-state index in [2.05, 4.69) is 4.98 Å². The van der Waals surface area contributed by atoms with Gasteiger partial charge in [0.05, 0.1) is 18.7 Å². The first-order valence-corrected chi connectivity index (χ1v) is 10.5. The Bertz CT molecular complexity index is 1380. The summed E-state index contributed by atoms with van der Waals surface area (Å²) in [7, 11) is 1.20. The first-order valence-electron chi connectivity index (χ1n) is 10.5. The molecular formula is C25H23N3O6. The molecule has 9 heteroatoms. The summed E-state index contributed by atoms with van der Waals surface area (Å²) in [5, 5.41) is 10.3. The van der Waals surface area contributed by atoms with Gasteiger partial charge in [-0.15, -0.1) is 0 Å². The third-order valence-corrected chi connectivity index (χ3v) is 4.97. The van der Waals surface area contributed by atoms with E-state index in [4.69, 9.17) is 19.9 Å². The van der Waals surface area contributed by atoms with Crippen molar-refractivity contribution in [1.29, 1.82) is 0 Å². The molecule has 4 aromatic rings. The molecule has 0 aliphatic rings. The van der Waals surface area contributed by atoms with Crippen LogP contribution < -0.4 is 15.2 Å². The van der Waals surface area contributed by atoms with Crippen LogP contribution in [0.3, 0.4) is 0 Å². The van der Waals surface area contributed by atoms with Crippen LogP contribution in [0.1, 0.15) is 34.7 Å². The molecule has 0 atom stereocenters. The van der Waals surface area contributed by atoms with E-state index in [1.54, 1.807) is 65.2 Å². The summed E-state index contributed by atoms with van der Waals surface area (Å²) in [6, 6.07) is 16.8. The maximum Gasteiger partial charge on any atom is 0.355 e. The van der Waals surface area contributed by atoms with Crippen molar-refractivity contribution in [2.45, 2.75) is 20.0 Å². The van der Waals surface area contributed by atoms with Crippen LogP contribution in [0.15, 0.2) is 60.7 Å². The first kappa shape index (κ1) is 22.7. The van der Waals surface area contributed by atoms with Gasteiger partial charge in [0.1, 0.15) is 28.6 Å². The minimum atomic E-state index is -1.27. The van der Waals surface area contributed by atoms with Crippen LogP contribution in [0.2, 0.25) is 0 Å². The predicted molar refractivity (Wildman–Crippen MR) is 126 cm³/mol. The number of fused-ring (bicyclic) bond motifs is 1. The van der Waals surface area contributed by atoms with Gasteiger partial charge >= 0.3 is 11.9 Å². The summed E-state index contributed by atoms with van der Waals surface area (Å²) >= 11 is 0. The molecule has 0 saturated carbocycles. The number of methoxy groups -OCH3 is 1. The van der Waals surface area contributed by atoms with Crippen LogP contribution in [0.4, 0.5) is 5.82 Å². The molecule has 0 fully saturated rings. The molecule has 4 rings (SSSR count). The molecule has 2 heterocycles. The summed E-state index contributed by atoms with van der Waals surface area (Å²) in [5.74, 6) is -0.529. The lowest BCUT2D eigenvalue weighted by atomic mass is 10.1. The number of pyridine rings is 1. The molecule has 34 heavy (non-hydrogen) atoms. The second-order valence-corrected chi connectivity index (χ2v) is 7.70. The Labute approximate surface area is 195 Å². The number of aromatic carboxylic acids is 1. The molecule has 0 unspecified atom stereocenters. The van der Waals surface area contributed by atoms with Crippen molar-refractivity contribution in [2.75, 3.05) is 12.8 Å². The highest BCUT2D eigenvalue weighted by molar-refractivity contribution is 6.13. The molecule has 0 amide bonds. The van der Waals surface area contributed by atoms with Crippen LogP contribution in [0.5, 0.6) is 17.4 Å². The van der Waals surface area contributed by atoms with Crippen LogP contribution in [-0.4, -0.2) is 39.8 Å². The lowest BCUT2D eigenvalue weighted by Crippen LogP contribution is -2.14. The molecule has 0 radical (unpaired) electrons. The molecule has 174 valence electrons. The second-order valence-electron chi connectivity index (χ2n) is 7.70. The highest BCUT2D eigenvalue weighted by atomic mass is 16.5. The number of carboxylic acids is 1. The number of hydrogen-bond acceptors (Lipinski definition) is 7. The van der Waals surface area contributed by atoms with E-state index in [1.807, 2.05) is 13.8 Å². The van der Waals surface area contributed by atoms with Crippen molar-refractivity contribution >= 4 is 28.7 Å². The zero-order valence-corrected chi connectivity index (χ0v) is 18.8. The van der Waals surface area contributed by atoms with Gasteiger partial charge in [0, 0.05) is 17.1 Å². The Morgan fingerprint density at radius 2 is 1.74 bits per heavy atom. The summed E-state index contributed by atoms with van der Waals surface area (Å²) in [5.41, 5.74) is 6.46. The Morgan fingerprint density at radius 1 is 1.03 bits per heavy atom. The normalized spacial score (nSPS) is 10.9. The number of ether oxygens (including phenoxy) is 3. The number of nitrogen functional groups attached to an aromatic ring is 1. The second kappa shape index (κ2) is 9.14. The van der Waals surface area contributed by atoms with Gasteiger partial charge < -0.3 is 29.6 Å². The number of carbonyl (C=O) groups is 2.